The van der Waals surface area contributed by atoms with Gasteiger partial charge in [0.1, 0.15) is 0 Å². The summed E-state index contributed by atoms with van der Waals surface area (Å²) < 4.78 is 23.8. The van der Waals surface area contributed by atoms with E-state index in [0.717, 1.165) is 30.5 Å². The third-order valence-electron chi connectivity index (χ3n) is 2.77. The lowest BCUT2D eigenvalue weighted by Gasteiger charge is -2.04. The Bertz CT molecular complexity index is 564. The number of hydrogen-bond acceptors (Lipinski definition) is 3. The molecule has 2 rings (SSSR count). The zero-order chi connectivity index (χ0) is 12.5. The Balaban J connectivity index is 2.33. The van der Waals surface area contributed by atoms with E-state index >= 15 is 0 Å². The first-order valence-corrected chi connectivity index (χ1v) is 7.37. The van der Waals surface area contributed by atoms with Gasteiger partial charge in [-0.15, -0.1) is 0 Å². The smallest absolute Gasteiger partial charge is 0.200 e. The van der Waals surface area contributed by atoms with Crippen LogP contribution in [0.4, 0.5) is 0 Å². The van der Waals surface area contributed by atoms with Gasteiger partial charge >= 0.3 is 0 Å². The van der Waals surface area contributed by atoms with Crippen LogP contribution in [0.25, 0.3) is 5.57 Å². The van der Waals surface area contributed by atoms with Gasteiger partial charge in [-0.2, -0.15) is 0 Å². The van der Waals surface area contributed by atoms with Crippen molar-refractivity contribution >= 4 is 27.0 Å². The molecule has 3 nitrogen and oxygen atoms in total. The van der Waals surface area contributed by atoms with Crippen molar-refractivity contribution in [2.45, 2.75) is 17.7 Å². The molecule has 0 saturated carbocycles. The van der Waals surface area contributed by atoms with E-state index in [1.807, 2.05) is 7.05 Å². The van der Waals surface area contributed by atoms with Crippen LogP contribution in [0.1, 0.15) is 18.4 Å². The van der Waals surface area contributed by atoms with E-state index in [2.05, 4.69) is 5.32 Å². The molecule has 0 aliphatic carbocycles. The number of fused-ring (bicyclic) bond motifs is 1. The summed E-state index contributed by atoms with van der Waals surface area (Å²) in [6.45, 7) is 0.875. The van der Waals surface area contributed by atoms with E-state index in [0.29, 0.717) is 9.92 Å². The Kier molecular flexibility index (Phi) is 3.56. The van der Waals surface area contributed by atoms with Crippen LogP contribution in [-0.4, -0.2) is 22.0 Å². The molecule has 1 heterocycles. The summed E-state index contributed by atoms with van der Waals surface area (Å²) in [6.07, 6.45) is 1.68. The topological polar surface area (TPSA) is 46.2 Å². The van der Waals surface area contributed by atoms with Crippen molar-refractivity contribution in [2.24, 2.45) is 0 Å². The Morgan fingerprint density at radius 3 is 2.82 bits per heavy atom. The number of rotatable bonds is 4. The van der Waals surface area contributed by atoms with Crippen LogP contribution in [0.3, 0.4) is 0 Å². The van der Waals surface area contributed by atoms with Gasteiger partial charge in [0.25, 0.3) is 0 Å². The summed E-state index contributed by atoms with van der Waals surface area (Å²) in [5.74, 6) is 0. The molecular weight excluding hydrogens is 258 g/mol. The van der Waals surface area contributed by atoms with Crippen molar-refractivity contribution < 1.29 is 8.42 Å². The zero-order valence-electron chi connectivity index (χ0n) is 9.53. The number of benzene rings is 1. The molecule has 0 atom stereocenters. The lowest BCUT2D eigenvalue weighted by Crippen LogP contribution is -2.07. The fraction of sp³-hybridized carbons (Fsp3) is 0.333. The second-order valence-electron chi connectivity index (χ2n) is 4.04. The third kappa shape index (κ3) is 2.54. The molecule has 0 radical (unpaired) electrons. The Morgan fingerprint density at radius 1 is 1.35 bits per heavy atom. The first kappa shape index (κ1) is 12.6. The van der Waals surface area contributed by atoms with Crippen molar-refractivity contribution in [3.8, 4) is 0 Å². The van der Waals surface area contributed by atoms with E-state index < -0.39 is 9.84 Å². The lowest BCUT2D eigenvalue weighted by atomic mass is 10.0. The second-order valence-corrected chi connectivity index (χ2v) is 6.24. The van der Waals surface area contributed by atoms with Gasteiger partial charge in [0.15, 0.2) is 0 Å². The van der Waals surface area contributed by atoms with E-state index in [-0.39, 0.29) is 0 Å². The van der Waals surface area contributed by atoms with Crippen molar-refractivity contribution in [1.82, 2.24) is 5.32 Å². The van der Waals surface area contributed by atoms with Crippen molar-refractivity contribution in [3.63, 3.8) is 0 Å². The van der Waals surface area contributed by atoms with Crippen molar-refractivity contribution in [3.05, 3.63) is 34.2 Å². The molecule has 17 heavy (non-hydrogen) atoms. The van der Waals surface area contributed by atoms with Gasteiger partial charge in [-0.05, 0) is 49.7 Å². The number of halogens is 1. The summed E-state index contributed by atoms with van der Waals surface area (Å²) in [6, 6.07) is 5.04. The molecule has 1 aliphatic heterocycles. The largest absolute Gasteiger partial charge is 0.320 e. The summed E-state index contributed by atoms with van der Waals surface area (Å²) in [5, 5.41) is 4.87. The summed E-state index contributed by atoms with van der Waals surface area (Å²) in [4.78, 5) is 0.337. The van der Waals surface area contributed by atoms with Crippen LogP contribution >= 0.6 is 11.6 Å². The van der Waals surface area contributed by atoms with Gasteiger partial charge < -0.3 is 5.32 Å². The highest BCUT2D eigenvalue weighted by Crippen LogP contribution is 2.37. The fourth-order valence-corrected chi connectivity index (χ4v) is 3.74. The maximum Gasteiger partial charge on any atom is 0.200 e. The van der Waals surface area contributed by atoms with E-state index in [4.69, 9.17) is 11.6 Å². The Morgan fingerprint density at radius 2 is 2.12 bits per heavy atom. The van der Waals surface area contributed by atoms with Gasteiger partial charge in [0, 0.05) is 10.4 Å². The number of nitrogens with one attached hydrogen (secondary N) is 1. The minimum Gasteiger partial charge on any atom is -0.320 e. The number of hydrogen-bond donors (Lipinski definition) is 1. The molecule has 1 aromatic carbocycles. The second kappa shape index (κ2) is 4.80. The maximum absolute atomic E-state index is 11.9. The fourth-order valence-electron chi connectivity index (χ4n) is 1.96. The van der Waals surface area contributed by atoms with Gasteiger partial charge in [0.05, 0.1) is 4.90 Å². The molecular formula is C12H14ClNO2S. The lowest BCUT2D eigenvalue weighted by molar-refractivity contribution is 0.605. The standard InChI is InChI=1S/C12H14ClNO2S/c1-14-6-2-3-9-8-17(15,16)12-7-10(13)4-5-11(9)12/h4-5,7-8,14H,2-3,6H2,1H3. The molecule has 0 spiro atoms. The molecule has 1 N–H and O–H groups in total. The highest BCUT2D eigenvalue weighted by molar-refractivity contribution is 7.95. The van der Waals surface area contributed by atoms with Crippen molar-refractivity contribution in [1.29, 1.82) is 0 Å². The van der Waals surface area contributed by atoms with Crippen LogP contribution in [0.2, 0.25) is 5.02 Å². The molecule has 92 valence electrons. The molecule has 1 aromatic rings. The summed E-state index contributed by atoms with van der Waals surface area (Å²) in [7, 11) is -1.40. The van der Waals surface area contributed by atoms with Crippen LogP contribution in [0, 0.1) is 0 Å². The highest BCUT2D eigenvalue weighted by atomic mass is 35.5. The monoisotopic (exact) mass is 271 g/mol. The van der Waals surface area contributed by atoms with Gasteiger partial charge in [-0.1, -0.05) is 17.7 Å². The average molecular weight is 272 g/mol. The molecule has 1 aliphatic rings. The molecule has 5 heteroatoms. The highest BCUT2D eigenvalue weighted by Gasteiger charge is 2.26. The van der Waals surface area contributed by atoms with Gasteiger partial charge in [-0.25, -0.2) is 8.42 Å². The number of allylic oxidation sites excluding steroid dienone is 1. The molecule has 0 amide bonds. The molecule has 0 bridgehead atoms. The minimum absolute atomic E-state index is 0.337. The zero-order valence-corrected chi connectivity index (χ0v) is 11.1. The predicted octanol–water partition coefficient (Wildman–Crippen LogP) is 2.47. The van der Waals surface area contributed by atoms with E-state index in [1.165, 1.54) is 11.5 Å². The van der Waals surface area contributed by atoms with E-state index in [1.54, 1.807) is 12.1 Å². The maximum atomic E-state index is 11.9. The molecule has 0 fully saturated rings. The molecule has 0 unspecified atom stereocenters. The Labute approximate surface area is 106 Å². The SMILES string of the molecule is CNCCCC1=CS(=O)(=O)c2cc(Cl)ccc21. The quantitative estimate of drug-likeness (QED) is 0.856. The normalized spacial score (nSPS) is 16.7. The third-order valence-corrected chi connectivity index (χ3v) is 4.55. The first-order chi connectivity index (χ1) is 8.04. The van der Waals surface area contributed by atoms with E-state index in [9.17, 15) is 8.42 Å². The molecule has 0 aromatic heterocycles. The van der Waals surface area contributed by atoms with Crippen LogP contribution < -0.4 is 5.32 Å². The van der Waals surface area contributed by atoms with Crippen LogP contribution in [-0.2, 0) is 9.84 Å². The van der Waals surface area contributed by atoms with Crippen LogP contribution in [0.5, 0.6) is 0 Å². The van der Waals surface area contributed by atoms with Crippen LogP contribution in [0.15, 0.2) is 28.5 Å². The number of sulfone groups is 1. The predicted molar refractivity (Wildman–Crippen MR) is 69.8 cm³/mol. The van der Waals surface area contributed by atoms with Gasteiger partial charge in [-0.3, -0.25) is 0 Å². The summed E-state index contributed by atoms with van der Waals surface area (Å²) in [5.41, 5.74) is 1.68. The van der Waals surface area contributed by atoms with Crippen molar-refractivity contribution in [2.75, 3.05) is 13.6 Å². The Hall–Kier alpha value is -0.840. The average Bonchev–Trinajstić information content (AvgIpc) is 2.51. The molecule has 0 saturated heterocycles. The van der Waals surface area contributed by atoms with Gasteiger partial charge in [0.2, 0.25) is 9.84 Å². The minimum atomic E-state index is -3.28. The first-order valence-electron chi connectivity index (χ1n) is 5.45. The summed E-state index contributed by atoms with van der Waals surface area (Å²) >= 11 is 5.83.